The van der Waals surface area contributed by atoms with Crippen LogP contribution in [0.25, 0.3) is 0 Å². The van der Waals surface area contributed by atoms with Gasteiger partial charge in [0.05, 0.1) is 6.61 Å². The van der Waals surface area contributed by atoms with Crippen molar-refractivity contribution in [3.05, 3.63) is 35.4 Å². The molecule has 15 heavy (non-hydrogen) atoms. The molecule has 0 N–H and O–H groups in total. The molecule has 2 nitrogen and oxygen atoms in total. The number of hydrogen-bond donors (Lipinski definition) is 0. The van der Waals surface area contributed by atoms with Gasteiger partial charge in [0, 0.05) is 16.8 Å². The molecule has 0 atom stereocenters. The van der Waals surface area contributed by atoms with E-state index in [4.69, 9.17) is 4.74 Å². The predicted octanol–water partition coefficient (Wildman–Crippen LogP) is 2.50. The van der Waals surface area contributed by atoms with Crippen LogP contribution in [0, 0.1) is 11.8 Å². The second kappa shape index (κ2) is 6.26. The van der Waals surface area contributed by atoms with Gasteiger partial charge in [-0.3, -0.25) is 0 Å². The van der Waals surface area contributed by atoms with Crippen LogP contribution in [0.3, 0.4) is 0 Å². The highest BCUT2D eigenvalue weighted by atomic mass is 79.9. The lowest BCUT2D eigenvalue weighted by Crippen LogP contribution is -1.99. The summed E-state index contributed by atoms with van der Waals surface area (Å²) in [5.41, 5.74) is 1.91. The number of ether oxygens (including phenoxy) is 1. The topological polar surface area (TPSA) is 26.3 Å². The summed E-state index contributed by atoms with van der Waals surface area (Å²) in [6.07, 6.45) is 0. The molecule has 0 saturated carbocycles. The summed E-state index contributed by atoms with van der Waals surface area (Å²) in [6, 6.07) is 7.67. The molecule has 3 heteroatoms. The Morgan fingerprint density at radius 3 is 2.87 bits per heavy atom. The minimum atomic E-state index is -0.484. The monoisotopic (exact) mass is 266 g/mol. The smallest absolute Gasteiger partial charge is 0.384 e. The van der Waals surface area contributed by atoms with Gasteiger partial charge in [0.15, 0.2) is 0 Å². The molecule has 0 aliphatic carbocycles. The quantitative estimate of drug-likeness (QED) is 0.467. The molecule has 1 rings (SSSR count). The Morgan fingerprint density at radius 2 is 2.20 bits per heavy atom. The van der Waals surface area contributed by atoms with Gasteiger partial charge in [0.2, 0.25) is 0 Å². The van der Waals surface area contributed by atoms with E-state index in [2.05, 4.69) is 27.8 Å². The number of rotatable bonds is 2. The molecule has 0 aliphatic heterocycles. The molecule has 0 fully saturated rings. The molecule has 1 aromatic carbocycles. The molecule has 1 aromatic rings. The van der Waals surface area contributed by atoms with Crippen LogP contribution in [-0.4, -0.2) is 12.6 Å². The number of alkyl halides is 1. The van der Waals surface area contributed by atoms with Gasteiger partial charge >= 0.3 is 5.97 Å². The van der Waals surface area contributed by atoms with Gasteiger partial charge in [-0.25, -0.2) is 4.79 Å². The van der Waals surface area contributed by atoms with Crippen LogP contribution >= 0.6 is 15.9 Å². The molecule has 78 valence electrons. The van der Waals surface area contributed by atoms with Crippen molar-refractivity contribution in [2.45, 2.75) is 12.3 Å². The van der Waals surface area contributed by atoms with Crippen molar-refractivity contribution in [2.75, 3.05) is 6.61 Å². The number of hydrogen-bond acceptors (Lipinski definition) is 2. The van der Waals surface area contributed by atoms with Gasteiger partial charge in [0.1, 0.15) is 0 Å². The third kappa shape index (κ3) is 3.77. The molecular formula is C12H11BrO2. The Morgan fingerprint density at radius 1 is 1.47 bits per heavy atom. The van der Waals surface area contributed by atoms with Crippen molar-refractivity contribution in [3.8, 4) is 11.8 Å². The average Bonchev–Trinajstić information content (AvgIpc) is 2.27. The molecule has 0 amide bonds. The van der Waals surface area contributed by atoms with Gasteiger partial charge in [-0.05, 0) is 18.6 Å². The Bertz CT molecular complexity index is 402. The third-order valence-corrected chi connectivity index (χ3v) is 2.34. The molecule has 0 aromatic heterocycles. The van der Waals surface area contributed by atoms with Gasteiger partial charge in [-0.2, -0.15) is 0 Å². The zero-order chi connectivity index (χ0) is 11.1. The zero-order valence-electron chi connectivity index (χ0n) is 8.42. The van der Waals surface area contributed by atoms with Crippen LogP contribution in [0.4, 0.5) is 0 Å². The maximum Gasteiger partial charge on any atom is 0.384 e. The Balaban J connectivity index is 2.83. The van der Waals surface area contributed by atoms with Crippen LogP contribution in [0.15, 0.2) is 24.3 Å². The van der Waals surface area contributed by atoms with E-state index in [9.17, 15) is 4.79 Å². The lowest BCUT2D eigenvalue weighted by molar-refractivity contribution is -0.136. The number of carbonyl (C=O) groups excluding carboxylic acids is 1. The number of esters is 1. The Labute approximate surface area is 97.8 Å². The van der Waals surface area contributed by atoms with E-state index in [0.29, 0.717) is 6.61 Å². The summed E-state index contributed by atoms with van der Waals surface area (Å²) in [7, 11) is 0. The highest BCUT2D eigenvalue weighted by molar-refractivity contribution is 9.08. The Kier molecular flexibility index (Phi) is 4.92. The Hall–Kier alpha value is -1.27. The van der Waals surface area contributed by atoms with E-state index < -0.39 is 5.97 Å². The van der Waals surface area contributed by atoms with Crippen LogP contribution in [-0.2, 0) is 14.9 Å². The number of halogens is 1. The number of benzene rings is 1. The second-order valence-corrected chi connectivity index (χ2v) is 3.32. The first-order chi connectivity index (χ1) is 7.27. The van der Waals surface area contributed by atoms with Crippen LogP contribution < -0.4 is 0 Å². The predicted molar refractivity (Wildman–Crippen MR) is 62.6 cm³/mol. The van der Waals surface area contributed by atoms with Gasteiger partial charge < -0.3 is 4.74 Å². The van der Waals surface area contributed by atoms with E-state index in [1.807, 2.05) is 24.3 Å². The SMILES string of the molecule is CCOC(=O)C#Cc1ccccc1CBr. The molecule has 0 saturated heterocycles. The first-order valence-electron chi connectivity index (χ1n) is 4.60. The summed E-state index contributed by atoms with van der Waals surface area (Å²) in [5, 5.41) is 0.723. The highest BCUT2D eigenvalue weighted by Crippen LogP contribution is 2.10. The fourth-order valence-corrected chi connectivity index (χ4v) is 1.53. The van der Waals surface area contributed by atoms with Gasteiger partial charge in [-0.1, -0.05) is 40.0 Å². The average molecular weight is 267 g/mol. The minimum Gasteiger partial charge on any atom is -0.456 e. The molecule has 0 radical (unpaired) electrons. The maximum atomic E-state index is 11.0. The summed E-state index contributed by atoms with van der Waals surface area (Å²) >= 11 is 3.36. The van der Waals surface area contributed by atoms with E-state index in [0.717, 1.165) is 16.5 Å². The molecule has 0 bridgehead atoms. The van der Waals surface area contributed by atoms with E-state index in [1.165, 1.54) is 0 Å². The van der Waals surface area contributed by atoms with Crippen molar-refractivity contribution in [3.63, 3.8) is 0 Å². The molecule has 0 spiro atoms. The summed E-state index contributed by atoms with van der Waals surface area (Å²) < 4.78 is 4.71. The molecule has 0 unspecified atom stereocenters. The summed E-state index contributed by atoms with van der Waals surface area (Å²) in [6.45, 7) is 2.11. The largest absolute Gasteiger partial charge is 0.456 e. The lowest BCUT2D eigenvalue weighted by Gasteiger charge is -1.98. The number of carbonyl (C=O) groups is 1. The fraction of sp³-hybridized carbons (Fsp3) is 0.250. The highest BCUT2D eigenvalue weighted by Gasteiger charge is 1.97. The minimum absolute atomic E-state index is 0.355. The van der Waals surface area contributed by atoms with Crippen LogP contribution in [0.5, 0.6) is 0 Å². The van der Waals surface area contributed by atoms with Crippen molar-refractivity contribution < 1.29 is 9.53 Å². The fourth-order valence-electron chi connectivity index (χ4n) is 1.04. The summed E-state index contributed by atoms with van der Waals surface area (Å²) in [4.78, 5) is 11.0. The summed E-state index contributed by atoms with van der Waals surface area (Å²) in [5.74, 6) is 4.75. The standard InChI is InChI=1S/C12H11BrO2/c1-2-15-12(14)8-7-10-5-3-4-6-11(10)9-13/h3-6H,2,9H2,1H3. The lowest BCUT2D eigenvalue weighted by atomic mass is 10.1. The first kappa shape index (κ1) is 11.8. The van der Waals surface area contributed by atoms with E-state index in [-0.39, 0.29) is 0 Å². The van der Waals surface area contributed by atoms with Crippen LogP contribution in [0.2, 0.25) is 0 Å². The zero-order valence-corrected chi connectivity index (χ0v) is 10.0. The molecule has 0 aliphatic rings. The second-order valence-electron chi connectivity index (χ2n) is 2.76. The van der Waals surface area contributed by atoms with Crippen molar-refractivity contribution in [2.24, 2.45) is 0 Å². The third-order valence-electron chi connectivity index (χ3n) is 1.74. The van der Waals surface area contributed by atoms with Crippen molar-refractivity contribution >= 4 is 21.9 Å². The van der Waals surface area contributed by atoms with Gasteiger partial charge in [0.25, 0.3) is 0 Å². The molecular weight excluding hydrogens is 256 g/mol. The first-order valence-corrected chi connectivity index (χ1v) is 5.72. The van der Waals surface area contributed by atoms with E-state index >= 15 is 0 Å². The van der Waals surface area contributed by atoms with Crippen molar-refractivity contribution in [1.82, 2.24) is 0 Å². The maximum absolute atomic E-state index is 11.0. The van der Waals surface area contributed by atoms with E-state index in [1.54, 1.807) is 6.92 Å². The normalized spacial score (nSPS) is 8.93. The van der Waals surface area contributed by atoms with Crippen molar-refractivity contribution in [1.29, 1.82) is 0 Å². The molecule has 0 heterocycles. The van der Waals surface area contributed by atoms with Gasteiger partial charge in [-0.15, -0.1) is 0 Å². The van der Waals surface area contributed by atoms with Crippen LogP contribution in [0.1, 0.15) is 18.1 Å².